The molecule has 8 amide bonds. The molecule has 14 unspecified atom stereocenters. The summed E-state index contributed by atoms with van der Waals surface area (Å²) in [6, 6.07) is -7.48. The van der Waals surface area contributed by atoms with Gasteiger partial charge in [0, 0.05) is 79.5 Å². The number of carbonyl (C=O) groups excluding carboxylic acids is 11. The van der Waals surface area contributed by atoms with Crippen molar-refractivity contribution in [2.75, 3.05) is 75.5 Å². The Bertz CT molecular complexity index is 2510. The van der Waals surface area contributed by atoms with E-state index < -0.39 is 132 Å². The largest absolute Gasteiger partial charge is 0.391 e. The number of nitrogens with one attached hydrogen (secondary N) is 5. The fourth-order valence-corrected chi connectivity index (χ4v) is 11.3. The Labute approximate surface area is 560 Å². The van der Waals surface area contributed by atoms with E-state index in [1.54, 1.807) is 27.8 Å². The number of ether oxygens (including phenoxy) is 1. The van der Waals surface area contributed by atoms with Gasteiger partial charge in [0.1, 0.15) is 36.6 Å². The summed E-state index contributed by atoms with van der Waals surface area (Å²) in [7, 11) is 10.3. The first-order chi connectivity index (χ1) is 43.6. The van der Waals surface area contributed by atoms with Gasteiger partial charge in [0.05, 0.1) is 30.8 Å². The number of aliphatic imine (C=N–C) groups is 1. The van der Waals surface area contributed by atoms with Gasteiger partial charge < -0.3 is 76.2 Å². The number of aldehydes is 3. The summed E-state index contributed by atoms with van der Waals surface area (Å²) in [5, 5.41) is 41.5. The molecule has 94 heavy (non-hydrogen) atoms. The van der Waals surface area contributed by atoms with E-state index in [-0.39, 0.29) is 55.4 Å². The predicted molar refractivity (Wildman–Crippen MR) is 364 cm³/mol. The van der Waals surface area contributed by atoms with Crippen LogP contribution in [0.5, 0.6) is 0 Å². The van der Waals surface area contributed by atoms with Gasteiger partial charge in [0.15, 0.2) is 24.0 Å². The lowest BCUT2D eigenvalue weighted by atomic mass is 9.83. The van der Waals surface area contributed by atoms with Crippen molar-refractivity contribution in [2.45, 2.75) is 221 Å². The summed E-state index contributed by atoms with van der Waals surface area (Å²) >= 11 is 0. The number of aliphatic hydroxyl groups is 2. The molecule has 9 N–H and O–H groups in total. The van der Waals surface area contributed by atoms with Crippen molar-refractivity contribution in [3.8, 4) is 0 Å². The van der Waals surface area contributed by atoms with E-state index in [1.165, 1.54) is 73.2 Å². The molecule has 0 aromatic heterocycles. The second-order valence-corrected chi connectivity index (χ2v) is 27.5. The SMILES string of the molecule is C=CC(C(C)CCN(C)CC(CC=N)=NC)C(C(=O)NC(C(=O)N(C)CC(=O)N(C)C(C=O)(CC(C)C)NC(C=O)CC(C)CNC(CCC)C(=O)NC(C)(C=O)OC(C(=O)N(C)C(CC(C)C)C(N)=O)C(C)C)C(C)O)N(C)C(=O)C(C(C)O)N(C)C(=O)CCC(C)C. The zero-order chi connectivity index (χ0) is 72.9. The number of hydrogen-bond donors (Lipinski definition) is 8. The minimum absolute atomic E-state index is 0.00264. The molecule has 538 valence electrons. The highest BCUT2D eigenvalue weighted by Crippen LogP contribution is 2.28. The van der Waals surface area contributed by atoms with E-state index >= 15 is 4.79 Å². The van der Waals surface area contributed by atoms with E-state index in [4.69, 9.17) is 15.9 Å². The van der Waals surface area contributed by atoms with Crippen molar-refractivity contribution in [2.24, 2.45) is 52.2 Å². The molecule has 27 nitrogen and oxygen atoms in total. The number of primary amides is 1. The first kappa shape index (κ1) is 87.6. The summed E-state index contributed by atoms with van der Waals surface area (Å²) in [6.45, 7) is 28.6. The van der Waals surface area contributed by atoms with Crippen molar-refractivity contribution in [3.63, 3.8) is 0 Å². The van der Waals surface area contributed by atoms with E-state index in [2.05, 4.69) is 32.8 Å². The Balaban J connectivity index is 6.97. The number of amides is 8. The van der Waals surface area contributed by atoms with Gasteiger partial charge in [-0.25, -0.2) is 0 Å². The highest BCUT2D eigenvalue weighted by atomic mass is 16.5. The summed E-state index contributed by atoms with van der Waals surface area (Å²) in [4.78, 5) is 163. The number of nitrogens with two attached hydrogens (primary N) is 1. The zero-order valence-electron chi connectivity index (χ0n) is 60.5. The lowest BCUT2D eigenvalue weighted by Crippen LogP contribution is -2.66. The van der Waals surface area contributed by atoms with Gasteiger partial charge in [0.2, 0.25) is 41.4 Å². The second-order valence-electron chi connectivity index (χ2n) is 27.5. The predicted octanol–water partition coefficient (Wildman–Crippen LogP) is 2.42. The van der Waals surface area contributed by atoms with Gasteiger partial charge in [-0.1, -0.05) is 88.7 Å². The molecule has 0 aliphatic carbocycles. The minimum Gasteiger partial charge on any atom is -0.391 e. The highest BCUT2D eigenvalue weighted by Gasteiger charge is 2.45. The van der Waals surface area contributed by atoms with Crippen LogP contribution in [0.25, 0.3) is 0 Å². The molecule has 0 bridgehead atoms. The van der Waals surface area contributed by atoms with Crippen LogP contribution >= 0.6 is 0 Å². The Kier molecular flexibility index (Phi) is 39.4. The quantitative estimate of drug-likeness (QED) is 0.0188. The van der Waals surface area contributed by atoms with Crippen molar-refractivity contribution < 1.29 is 67.7 Å². The molecule has 27 heteroatoms. The number of aliphatic hydroxyl groups excluding tert-OH is 2. The normalized spacial score (nSPS) is 17.1. The van der Waals surface area contributed by atoms with Crippen LogP contribution in [0.15, 0.2) is 17.6 Å². The highest BCUT2D eigenvalue weighted by molar-refractivity contribution is 5.97. The van der Waals surface area contributed by atoms with Crippen LogP contribution in [0.1, 0.15) is 155 Å². The maximum absolute atomic E-state index is 15.0. The maximum Gasteiger partial charge on any atom is 0.252 e. The van der Waals surface area contributed by atoms with Crippen LogP contribution < -0.4 is 27.0 Å². The average Bonchev–Trinajstić information content (AvgIpc) is 0.849. The third-order valence-corrected chi connectivity index (χ3v) is 17.1. The number of likely N-dealkylation sites (N-methyl/N-ethyl adjacent to an activating group) is 5. The summed E-state index contributed by atoms with van der Waals surface area (Å²) < 4.78 is 6.09. The molecule has 0 spiro atoms. The second kappa shape index (κ2) is 42.2. The first-order valence-electron chi connectivity index (χ1n) is 33.0. The number of carbonyl (C=O) groups is 11. The Hall–Kier alpha value is -6.39. The Morgan fingerprint density at radius 2 is 1.33 bits per heavy atom. The molecule has 14 atom stereocenters. The molecule has 0 saturated carbocycles. The fraction of sp³-hybridized carbons (Fsp3) is 0.776. The van der Waals surface area contributed by atoms with Crippen molar-refractivity contribution >= 4 is 78.0 Å². The summed E-state index contributed by atoms with van der Waals surface area (Å²) in [5.74, 6) is -7.86. The molecular weight excluding hydrogens is 1210 g/mol. The summed E-state index contributed by atoms with van der Waals surface area (Å²) in [6.07, 6.45) is 2.68. The van der Waals surface area contributed by atoms with Crippen molar-refractivity contribution in [3.05, 3.63) is 12.7 Å². The average molecular weight is 1330 g/mol. The van der Waals surface area contributed by atoms with Gasteiger partial charge in [-0.2, -0.15) is 0 Å². The van der Waals surface area contributed by atoms with Gasteiger partial charge in [-0.3, -0.25) is 58.3 Å². The lowest BCUT2D eigenvalue weighted by molar-refractivity contribution is -0.173. The zero-order valence-corrected chi connectivity index (χ0v) is 60.5. The van der Waals surface area contributed by atoms with Gasteiger partial charge in [0.25, 0.3) is 5.91 Å². The number of rotatable bonds is 48. The van der Waals surface area contributed by atoms with Crippen LogP contribution in [0.2, 0.25) is 0 Å². The molecule has 0 heterocycles. The van der Waals surface area contributed by atoms with Crippen LogP contribution in [0.3, 0.4) is 0 Å². The van der Waals surface area contributed by atoms with Gasteiger partial charge in [-0.15, -0.1) is 6.58 Å². The van der Waals surface area contributed by atoms with Crippen LogP contribution in [0, 0.1) is 46.8 Å². The van der Waals surface area contributed by atoms with Gasteiger partial charge in [-0.05, 0) is 115 Å². The third-order valence-electron chi connectivity index (χ3n) is 17.1. The Morgan fingerprint density at radius 1 is 0.723 bits per heavy atom. The molecule has 0 aliphatic heterocycles. The topological polar surface area (TPSA) is 367 Å². The van der Waals surface area contributed by atoms with E-state index in [9.17, 15) is 58.2 Å². The fourth-order valence-electron chi connectivity index (χ4n) is 11.3. The Morgan fingerprint density at radius 3 is 1.79 bits per heavy atom. The molecule has 0 saturated heterocycles. The molecule has 0 fully saturated rings. The molecule has 0 rings (SSSR count). The monoisotopic (exact) mass is 1330 g/mol. The molecule has 0 aromatic carbocycles. The van der Waals surface area contributed by atoms with Crippen molar-refractivity contribution in [1.82, 2.24) is 50.7 Å². The maximum atomic E-state index is 15.0. The van der Waals surface area contributed by atoms with E-state index in [0.29, 0.717) is 70.5 Å². The summed E-state index contributed by atoms with van der Waals surface area (Å²) in [5.41, 5.74) is 2.64. The lowest BCUT2D eigenvalue weighted by Gasteiger charge is -2.42. The molecule has 0 aromatic rings. The number of hydrogen-bond acceptors (Lipinski definition) is 19. The van der Waals surface area contributed by atoms with E-state index in [1.807, 2.05) is 67.3 Å². The molecular formula is C67H121N13O14. The molecule has 0 radical (unpaired) electrons. The molecule has 0 aliphatic rings. The number of nitrogens with zero attached hydrogens (tertiary/aromatic N) is 7. The van der Waals surface area contributed by atoms with Crippen LogP contribution in [-0.4, -0.2) is 259 Å². The van der Waals surface area contributed by atoms with E-state index in [0.717, 1.165) is 25.3 Å². The standard InChI is InChI=1S/C67H121N13O14/c1-23-25-52(61(89)74-66(15,39-82)94-59(44(9)10)65(93)77(19)53(60(69)88)32-42(5)6)71-35-45(11)33-50(38-81)73-67(40-83,34-43(7)8)80(22)55(87)37-76(18)63(91)56(47(13)84)72-62(90)58(51(24-2)46(12)29-31-75(17)36-49(70-16)28-30-68)79(21)64(92)57(48(14)85)78(20)54(86)27-26-41(3)4/h24,30,38-48,50-53,56-59,68,71,73,84-85H,2,23,25-29,31-37H2,1,3-22H3,(H2,69,88)(H,72,90)(H,74,89). The third kappa shape index (κ3) is 27.8. The van der Waals surface area contributed by atoms with Crippen molar-refractivity contribution in [1.29, 1.82) is 5.41 Å². The van der Waals surface area contributed by atoms with Crippen LogP contribution in [-0.2, 0) is 57.5 Å². The smallest absolute Gasteiger partial charge is 0.252 e. The van der Waals surface area contributed by atoms with Crippen LogP contribution in [0.4, 0.5) is 0 Å². The first-order valence-corrected chi connectivity index (χ1v) is 33.0. The minimum atomic E-state index is -1.99. The van der Waals surface area contributed by atoms with Gasteiger partial charge >= 0.3 is 0 Å².